The molecule has 0 radical (unpaired) electrons. The van der Waals surface area contributed by atoms with Gasteiger partial charge in [0.15, 0.2) is 0 Å². The highest BCUT2D eigenvalue weighted by molar-refractivity contribution is 6.01. The summed E-state index contributed by atoms with van der Waals surface area (Å²) >= 11 is 0. The fourth-order valence-electron chi connectivity index (χ4n) is 2.66. The van der Waals surface area contributed by atoms with Gasteiger partial charge in [-0.05, 0) is 49.2 Å². The van der Waals surface area contributed by atoms with E-state index < -0.39 is 5.41 Å². The van der Waals surface area contributed by atoms with Gasteiger partial charge in [-0.2, -0.15) is 0 Å². The van der Waals surface area contributed by atoms with Gasteiger partial charge in [-0.15, -0.1) is 0 Å². The van der Waals surface area contributed by atoms with Crippen molar-refractivity contribution in [1.29, 1.82) is 0 Å². The highest BCUT2D eigenvalue weighted by Gasteiger charge is 2.42. The van der Waals surface area contributed by atoms with Crippen molar-refractivity contribution in [3.05, 3.63) is 41.0 Å². The molecule has 0 fully saturated rings. The number of ether oxygens (including phenoxy) is 1. The van der Waals surface area contributed by atoms with Crippen LogP contribution in [0.15, 0.2) is 24.3 Å². The lowest BCUT2D eigenvalue weighted by Crippen LogP contribution is -2.26. The zero-order chi connectivity index (χ0) is 13.8. The number of carbonyl (C=O) groups is 2. The number of fused-ring (bicyclic) bond motifs is 3. The fourth-order valence-corrected chi connectivity index (χ4v) is 2.66. The molecule has 1 aliphatic rings. The van der Waals surface area contributed by atoms with Crippen LogP contribution in [0.25, 0.3) is 10.8 Å². The topological polar surface area (TPSA) is 43.4 Å². The molecular formula is C16H14O3. The first-order valence-corrected chi connectivity index (χ1v) is 6.20. The van der Waals surface area contributed by atoms with Gasteiger partial charge in [0.25, 0.3) is 0 Å². The Morgan fingerprint density at radius 1 is 1.21 bits per heavy atom. The summed E-state index contributed by atoms with van der Waals surface area (Å²) in [5.74, 6) is 0.396. The normalized spacial score (nSPS) is 16.3. The Kier molecular flexibility index (Phi) is 2.30. The molecule has 3 rings (SSSR count). The van der Waals surface area contributed by atoms with Gasteiger partial charge in [-0.3, -0.25) is 9.59 Å². The molecule has 3 heteroatoms. The Labute approximate surface area is 111 Å². The Morgan fingerprint density at radius 2 is 1.95 bits per heavy atom. The summed E-state index contributed by atoms with van der Waals surface area (Å²) in [7, 11) is 0. The van der Waals surface area contributed by atoms with Gasteiger partial charge in [0, 0.05) is 11.1 Å². The maximum absolute atomic E-state index is 11.9. The van der Waals surface area contributed by atoms with E-state index >= 15 is 0 Å². The molecule has 96 valence electrons. The Balaban J connectivity index is 2.42. The molecule has 0 saturated heterocycles. The predicted molar refractivity (Wildman–Crippen MR) is 72.7 cm³/mol. The number of hydrogen-bond acceptors (Lipinski definition) is 3. The van der Waals surface area contributed by atoms with E-state index in [1.165, 1.54) is 0 Å². The van der Waals surface area contributed by atoms with E-state index in [1.807, 2.05) is 39.0 Å². The highest BCUT2D eigenvalue weighted by atomic mass is 16.5. The van der Waals surface area contributed by atoms with Crippen molar-refractivity contribution in [3.8, 4) is 5.75 Å². The molecule has 1 aliphatic heterocycles. The third kappa shape index (κ3) is 1.51. The summed E-state index contributed by atoms with van der Waals surface area (Å²) in [5, 5.41) is 1.94. The van der Waals surface area contributed by atoms with Crippen LogP contribution in [0.4, 0.5) is 0 Å². The maximum atomic E-state index is 11.9. The Bertz CT molecular complexity index is 726. The van der Waals surface area contributed by atoms with Crippen LogP contribution in [0, 0.1) is 6.92 Å². The number of esters is 1. The second kappa shape index (κ2) is 3.67. The molecule has 2 aromatic carbocycles. The second-order valence-electron chi connectivity index (χ2n) is 5.50. The molecule has 0 atom stereocenters. The van der Waals surface area contributed by atoms with Crippen LogP contribution in [-0.4, -0.2) is 12.3 Å². The molecule has 0 N–H and O–H groups in total. The molecule has 19 heavy (non-hydrogen) atoms. The number of rotatable bonds is 1. The van der Waals surface area contributed by atoms with Crippen LogP contribution in [0.1, 0.15) is 35.3 Å². The third-order valence-corrected chi connectivity index (χ3v) is 3.83. The number of carbonyl (C=O) groups excluding carboxylic acids is 2. The van der Waals surface area contributed by atoms with Crippen LogP contribution in [-0.2, 0) is 10.2 Å². The van der Waals surface area contributed by atoms with Gasteiger partial charge in [-0.1, -0.05) is 12.1 Å². The SMILES string of the molecule is Cc1cc2c3c(ccc2cc1C=O)OC(=O)C3(C)C. The molecule has 0 saturated carbocycles. The van der Waals surface area contributed by atoms with E-state index in [-0.39, 0.29) is 5.97 Å². The third-order valence-electron chi connectivity index (χ3n) is 3.83. The van der Waals surface area contributed by atoms with E-state index in [1.54, 1.807) is 6.07 Å². The molecular weight excluding hydrogens is 240 g/mol. The molecule has 0 aliphatic carbocycles. The van der Waals surface area contributed by atoms with Gasteiger partial charge >= 0.3 is 5.97 Å². The van der Waals surface area contributed by atoms with Crippen molar-refractivity contribution in [2.75, 3.05) is 0 Å². The monoisotopic (exact) mass is 254 g/mol. The van der Waals surface area contributed by atoms with Crippen LogP contribution >= 0.6 is 0 Å². The molecule has 0 aromatic heterocycles. The van der Waals surface area contributed by atoms with Crippen molar-refractivity contribution >= 4 is 23.0 Å². The number of aldehydes is 1. The zero-order valence-corrected chi connectivity index (χ0v) is 11.1. The van der Waals surface area contributed by atoms with Crippen molar-refractivity contribution in [2.45, 2.75) is 26.2 Å². The molecule has 3 nitrogen and oxygen atoms in total. The zero-order valence-electron chi connectivity index (χ0n) is 11.1. The lowest BCUT2D eigenvalue weighted by Gasteiger charge is -2.16. The molecule has 0 unspecified atom stereocenters. The largest absolute Gasteiger partial charge is 0.426 e. The van der Waals surface area contributed by atoms with Gasteiger partial charge in [0.1, 0.15) is 12.0 Å². The quantitative estimate of drug-likeness (QED) is 0.446. The van der Waals surface area contributed by atoms with E-state index in [0.29, 0.717) is 11.3 Å². The molecule has 2 aromatic rings. The van der Waals surface area contributed by atoms with Crippen LogP contribution < -0.4 is 4.74 Å². The minimum Gasteiger partial charge on any atom is -0.426 e. The second-order valence-corrected chi connectivity index (χ2v) is 5.50. The summed E-state index contributed by atoms with van der Waals surface area (Å²) in [5.41, 5.74) is 1.85. The Morgan fingerprint density at radius 3 is 2.63 bits per heavy atom. The molecule has 0 spiro atoms. The average Bonchev–Trinajstić information content (AvgIpc) is 2.59. The van der Waals surface area contributed by atoms with Crippen LogP contribution in [0.5, 0.6) is 5.75 Å². The molecule has 0 amide bonds. The van der Waals surface area contributed by atoms with Gasteiger partial charge in [0.05, 0.1) is 5.41 Å². The molecule has 1 heterocycles. The summed E-state index contributed by atoms with van der Waals surface area (Å²) in [6.45, 7) is 5.63. The van der Waals surface area contributed by atoms with Gasteiger partial charge < -0.3 is 4.74 Å². The van der Waals surface area contributed by atoms with E-state index in [0.717, 1.165) is 28.2 Å². The van der Waals surface area contributed by atoms with E-state index in [4.69, 9.17) is 4.74 Å². The maximum Gasteiger partial charge on any atom is 0.321 e. The first-order valence-electron chi connectivity index (χ1n) is 6.20. The van der Waals surface area contributed by atoms with E-state index in [9.17, 15) is 9.59 Å². The van der Waals surface area contributed by atoms with Gasteiger partial charge in [0.2, 0.25) is 0 Å². The van der Waals surface area contributed by atoms with Crippen molar-refractivity contribution in [1.82, 2.24) is 0 Å². The lowest BCUT2D eigenvalue weighted by atomic mass is 9.82. The van der Waals surface area contributed by atoms with Crippen LogP contribution in [0.3, 0.4) is 0 Å². The summed E-state index contributed by atoms with van der Waals surface area (Å²) < 4.78 is 5.32. The van der Waals surface area contributed by atoms with Crippen molar-refractivity contribution in [2.24, 2.45) is 0 Å². The number of hydrogen-bond donors (Lipinski definition) is 0. The minimum atomic E-state index is -0.649. The van der Waals surface area contributed by atoms with Crippen molar-refractivity contribution < 1.29 is 14.3 Å². The predicted octanol–water partition coefficient (Wildman–Crippen LogP) is 3.16. The van der Waals surface area contributed by atoms with Crippen LogP contribution in [0.2, 0.25) is 0 Å². The summed E-state index contributed by atoms with van der Waals surface area (Å²) in [6.07, 6.45) is 0.856. The first kappa shape index (κ1) is 11.9. The van der Waals surface area contributed by atoms with Gasteiger partial charge in [-0.25, -0.2) is 0 Å². The standard InChI is InChI=1S/C16H14O3/c1-9-6-12-10(7-11(9)8-17)4-5-13-14(12)16(2,3)15(18)19-13/h4-8H,1-3H3. The minimum absolute atomic E-state index is 0.230. The fraction of sp³-hybridized carbons (Fsp3) is 0.250. The Hall–Kier alpha value is -2.16. The lowest BCUT2D eigenvalue weighted by molar-refractivity contribution is -0.137. The first-order chi connectivity index (χ1) is 8.95. The summed E-state index contributed by atoms with van der Waals surface area (Å²) in [4.78, 5) is 22.9. The highest BCUT2D eigenvalue weighted by Crippen LogP contribution is 2.44. The number of benzene rings is 2. The van der Waals surface area contributed by atoms with Crippen molar-refractivity contribution in [3.63, 3.8) is 0 Å². The smallest absolute Gasteiger partial charge is 0.321 e. The summed E-state index contributed by atoms with van der Waals surface area (Å²) in [6, 6.07) is 7.50. The number of aryl methyl sites for hydroxylation is 1. The molecule has 0 bridgehead atoms. The average molecular weight is 254 g/mol. The van der Waals surface area contributed by atoms with E-state index in [2.05, 4.69) is 0 Å².